The Balaban J connectivity index is 2.17. The van der Waals surface area contributed by atoms with Crippen LogP contribution in [-0.2, 0) is 0 Å². The minimum atomic E-state index is 0.718. The van der Waals surface area contributed by atoms with E-state index in [1.807, 2.05) is 0 Å². The standard InChI is InChI=1S/C12H21N3/c1-2-3-4-6-9-14-12(13)15-10-7-5-8-11-15/h1H,3-11H2,(H2,13,14). The summed E-state index contributed by atoms with van der Waals surface area (Å²) in [6, 6.07) is 0. The molecule has 0 aliphatic carbocycles. The number of hydrogen-bond donors (Lipinski definition) is 1. The summed E-state index contributed by atoms with van der Waals surface area (Å²) < 4.78 is 0. The number of nitrogens with two attached hydrogens (primary N) is 1. The number of piperidine rings is 1. The average Bonchev–Trinajstić information content (AvgIpc) is 2.30. The first kappa shape index (κ1) is 11.9. The van der Waals surface area contributed by atoms with Crippen LogP contribution in [0.1, 0.15) is 38.5 Å². The number of unbranched alkanes of at least 4 members (excludes halogenated alkanes) is 2. The molecular weight excluding hydrogens is 186 g/mol. The molecule has 1 heterocycles. The Morgan fingerprint density at radius 3 is 2.67 bits per heavy atom. The van der Waals surface area contributed by atoms with Crippen molar-refractivity contribution in [3.63, 3.8) is 0 Å². The predicted molar refractivity (Wildman–Crippen MR) is 64.6 cm³/mol. The van der Waals surface area contributed by atoms with Crippen molar-refractivity contribution in [1.82, 2.24) is 4.90 Å². The van der Waals surface area contributed by atoms with E-state index in [1.165, 1.54) is 19.3 Å². The molecule has 1 saturated heterocycles. The molecule has 0 aromatic heterocycles. The predicted octanol–water partition coefficient (Wildman–Crippen LogP) is 1.59. The van der Waals surface area contributed by atoms with Gasteiger partial charge in [0.2, 0.25) is 0 Å². The largest absolute Gasteiger partial charge is 0.370 e. The number of aliphatic imine (C=N–C) groups is 1. The van der Waals surface area contributed by atoms with Crippen molar-refractivity contribution < 1.29 is 0 Å². The lowest BCUT2D eigenvalue weighted by Crippen LogP contribution is -2.40. The van der Waals surface area contributed by atoms with Gasteiger partial charge in [0.05, 0.1) is 0 Å². The Hall–Kier alpha value is -1.17. The van der Waals surface area contributed by atoms with Gasteiger partial charge in [-0.1, -0.05) is 0 Å². The highest BCUT2D eigenvalue weighted by molar-refractivity contribution is 5.78. The number of nitrogens with zero attached hydrogens (tertiary/aromatic N) is 2. The SMILES string of the molecule is C#CCCCCN=C(N)N1CCCCC1. The number of rotatable bonds is 4. The molecule has 0 bridgehead atoms. The van der Waals surface area contributed by atoms with Gasteiger partial charge in [-0.05, 0) is 32.1 Å². The van der Waals surface area contributed by atoms with Gasteiger partial charge in [-0.15, -0.1) is 12.3 Å². The minimum Gasteiger partial charge on any atom is -0.370 e. The van der Waals surface area contributed by atoms with Crippen LogP contribution in [0.3, 0.4) is 0 Å². The lowest BCUT2D eigenvalue weighted by Gasteiger charge is -2.27. The van der Waals surface area contributed by atoms with E-state index in [9.17, 15) is 0 Å². The number of likely N-dealkylation sites (tertiary alicyclic amines) is 1. The topological polar surface area (TPSA) is 41.6 Å². The molecule has 0 spiro atoms. The highest BCUT2D eigenvalue weighted by atomic mass is 15.2. The number of terminal acetylenes is 1. The van der Waals surface area contributed by atoms with Crippen molar-refractivity contribution in [2.45, 2.75) is 38.5 Å². The monoisotopic (exact) mass is 207 g/mol. The maximum Gasteiger partial charge on any atom is 0.191 e. The molecule has 1 fully saturated rings. The number of hydrogen-bond acceptors (Lipinski definition) is 1. The van der Waals surface area contributed by atoms with Crippen LogP contribution in [-0.4, -0.2) is 30.5 Å². The molecule has 0 atom stereocenters. The van der Waals surface area contributed by atoms with Crippen LogP contribution in [0.2, 0.25) is 0 Å². The molecule has 0 amide bonds. The summed E-state index contributed by atoms with van der Waals surface area (Å²) in [6.45, 7) is 2.95. The Labute approximate surface area is 92.7 Å². The fourth-order valence-electron chi connectivity index (χ4n) is 1.76. The molecule has 84 valence electrons. The third-order valence-electron chi connectivity index (χ3n) is 2.68. The third kappa shape index (κ3) is 4.73. The van der Waals surface area contributed by atoms with E-state index in [0.29, 0.717) is 0 Å². The highest BCUT2D eigenvalue weighted by Gasteiger charge is 2.11. The van der Waals surface area contributed by atoms with Gasteiger partial charge in [0.25, 0.3) is 0 Å². The van der Waals surface area contributed by atoms with Gasteiger partial charge in [-0.25, -0.2) is 0 Å². The summed E-state index contributed by atoms with van der Waals surface area (Å²) in [7, 11) is 0. The van der Waals surface area contributed by atoms with Gasteiger partial charge < -0.3 is 10.6 Å². The zero-order valence-corrected chi connectivity index (χ0v) is 9.41. The molecule has 0 aromatic carbocycles. The first-order chi connectivity index (χ1) is 7.34. The molecule has 0 radical (unpaired) electrons. The fourth-order valence-corrected chi connectivity index (χ4v) is 1.76. The molecular formula is C12H21N3. The van der Waals surface area contributed by atoms with E-state index in [0.717, 1.165) is 44.9 Å². The van der Waals surface area contributed by atoms with E-state index >= 15 is 0 Å². The van der Waals surface area contributed by atoms with Crippen LogP contribution in [0.25, 0.3) is 0 Å². The van der Waals surface area contributed by atoms with Crippen LogP contribution in [0.4, 0.5) is 0 Å². The van der Waals surface area contributed by atoms with E-state index in [2.05, 4.69) is 15.8 Å². The Kier molecular flexibility index (Phi) is 5.69. The van der Waals surface area contributed by atoms with E-state index < -0.39 is 0 Å². The Bertz CT molecular complexity index is 234. The lowest BCUT2D eigenvalue weighted by molar-refractivity contribution is 0.338. The summed E-state index contributed by atoms with van der Waals surface area (Å²) in [4.78, 5) is 6.56. The first-order valence-electron chi connectivity index (χ1n) is 5.83. The quantitative estimate of drug-likeness (QED) is 0.329. The summed E-state index contributed by atoms with van der Waals surface area (Å²) in [5.74, 6) is 3.35. The molecule has 15 heavy (non-hydrogen) atoms. The van der Waals surface area contributed by atoms with Crippen LogP contribution in [0, 0.1) is 12.3 Å². The Morgan fingerprint density at radius 1 is 1.27 bits per heavy atom. The molecule has 0 unspecified atom stereocenters. The second-order valence-corrected chi connectivity index (χ2v) is 3.95. The second-order valence-electron chi connectivity index (χ2n) is 3.95. The van der Waals surface area contributed by atoms with Gasteiger partial charge in [0.1, 0.15) is 0 Å². The summed E-state index contributed by atoms with van der Waals surface area (Å²) >= 11 is 0. The van der Waals surface area contributed by atoms with Crippen molar-refractivity contribution >= 4 is 5.96 Å². The zero-order chi connectivity index (χ0) is 10.9. The molecule has 2 N–H and O–H groups in total. The number of guanidine groups is 1. The van der Waals surface area contributed by atoms with E-state index in [1.54, 1.807) is 0 Å². The van der Waals surface area contributed by atoms with Crippen LogP contribution < -0.4 is 5.73 Å². The molecule has 1 aliphatic rings. The van der Waals surface area contributed by atoms with Gasteiger partial charge in [-0.3, -0.25) is 4.99 Å². The fraction of sp³-hybridized carbons (Fsp3) is 0.750. The second kappa shape index (κ2) is 7.17. The van der Waals surface area contributed by atoms with Crippen molar-refractivity contribution in [2.75, 3.05) is 19.6 Å². The van der Waals surface area contributed by atoms with Crippen LogP contribution >= 0.6 is 0 Å². The lowest BCUT2D eigenvalue weighted by atomic mass is 10.1. The molecule has 1 aliphatic heterocycles. The Morgan fingerprint density at radius 2 is 2.00 bits per heavy atom. The van der Waals surface area contributed by atoms with Crippen molar-refractivity contribution in [2.24, 2.45) is 10.7 Å². The van der Waals surface area contributed by atoms with Crippen molar-refractivity contribution in [1.29, 1.82) is 0 Å². The highest BCUT2D eigenvalue weighted by Crippen LogP contribution is 2.07. The zero-order valence-electron chi connectivity index (χ0n) is 9.41. The molecule has 0 saturated carbocycles. The van der Waals surface area contributed by atoms with E-state index in [4.69, 9.17) is 12.2 Å². The maximum atomic E-state index is 5.90. The van der Waals surface area contributed by atoms with Gasteiger partial charge in [-0.2, -0.15) is 0 Å². The normalized spacial score (nSPS) is 17.5. The van der Waals surface area contributed by atoms with Gasteiger partial charge in [0.15, 0.2) is 5.96 Å². The summed E-state index contributed by atoms with van der Waals surface area (Å²) in [5, 5.41) is 0. The van der Waals surface area contributed by atoms with Crippen LogP contribution in [0.15, 0.2) is 4.99 Å². The van der Waals surface area contributed by atoms with Crippen molar-refractivity contribution in [3.8, 4) is 12.3 Å². The average molecular weight is 207 g/mol. The molecule has 3 heteroatoms. The van der Waals surface area contributed by atoms with Crippen molar-refractivity contribution in [3.05, 3.63) is 0 Å². The molecule has 1 rings (SSSR count). The molecule has 0 aromatic rings. The maximum absolute atomic E-state index is 5.90. The first-order valence-corrected chi connectivity index (χ1v) is 5.83. The minimum absolute atomic E-state index is 0.718. The van der Waals surface area contributed by atoms with Crippen LogP contribution in [0.5, 0.6) is 0 Å². The molecule has 3 nitrogen and oxygen atoms in total. The summed E-state index contributed by atoms with van der Waals surface area (Å²) in [5.41, 5.74) is 5.90. The van der Waals surface area contributed by atoms with Gasteiger partial charge in [0, 0.05) is 26.1 Å². The van der Waals surface area contributed by atoms with Gasteiger partial charge >= 0.3 is 0 Å². The summed E-state index contributed by atoms with van der Waals surface area (Å²) in [6.07, 6.45) is 11.9. The van der Waals surface area contributed by atoms with E-state index in [-0.39, 0.29) is 0 Å². The smallest absolute Gasteiger partial charge is 0.191 e. The third-order valence-corrected chi connectivity index (χ3v) is 2.68.